The number of thioether (sulfide) groups is 1. The molecular weight excluding hydrogens is 550 g/mol. The lowest BCUT2D eigenvalue weighted by atomic mass is 9.79. The number of hydrogen-bond donors (Lipinski definition) is 1. The second-order valence-electron chi connectivity index (χ2n) is 10.1. The van der Waals surface area contributed by atoms with Gasteiger partial charge < -0.3 is 34.0 Å². The summed E-state index contributed by atoms with van der Waals surface area (Å²) in [6.07, 6.45) is 6.74. The molecule has 3 heterocycles. The van der Waals surface area contributed by atoms with Crippen LogP contribution in [0, 0.1) is 11.8 Å². The van der Waals surface area contributed by atoms with Gasteiger partial charge >= 0.3 is 18.2 Å². The number of esters is 1. The summed E-state index contributed by atoms with van der Waals surface area (Å²) >= 11 is 1.44. The molecule has 224 valence electrons. The molecular formula is C29H39N3O8S. The van der Waals surface area contributed by atoms with Gasteiger partial charge in [0, 0.05) is 36.2 Å². The zero-order chi connectivity index (χ0) is 30.3. The second kappa shape index (κ2) is 14.4. The molecule has 0 bridgehead atoms. The number of amides is 3. The fourth-order valence-electron chi connectivity index (χ4n) is 5.26. The number of aliphatic hydroxyl groups is 1. The molecule has 1 N–H and O–H groups in total. The van der Waals surface area contributed by atoms with E-state index in [4.69, 9.17) is 14.2 Å². The minimum atomic E-state index is -0.857. The maximum absolute atomic E-state index is 13.1. The maximum atomic E-state index is 13.1. The van der Waals surface area contributed by atoms with Gasteiger partial charge in [-0.3, -0.25) is 4.79 Å². The van der Waals surface area contributed by atoms with Gasteiger partial charge in [0.25, 0.3) is 0 Å². The first-order chi connectivity index (χ1) is 19.6. The summed E-state index contributed by atoms with van der Waals surface area (Å²) in [6, 6.07) is -0.682. The van der Waals surface area contributed by atoms with E-state index in [1.54, 1.807) is 24.9 Å². The standard InChI is InChI=1S/C29H39N3O8S/c1-7-13-38-27(35)24-25(18(4)23-22(19(5)33)26(34)32(23)24)41-21-16-20(31(17-21)29(37)40-15-9-3)11-10-12-30(6)28(36)39-14-8-2/h7-11,18-23,33H,1-3,12-17H2,4-6H3/b11-10-/t18-,19-,20-,21+,22-,23-/m1/s1. The van der Waals surface area contributed by atoms with Gasteiger partial charge in [0.1, 0.15) is 25.5 Å². The van der Waals surface area contributed by atoms with Crippen LogP contribution in [0.1, 0.15) is 20.3 Å². The number of likely N-dealkylation sites (N-methyl/N-ethyl adjacent to an activating group) is 1. The number of fused-ring (bicyclic) bond motifs is 1. The molecule has 12 heteroatoms. The molecule has 0 aliphatic carbocycles. The van der Waals surface area contributed by atoms with Gasteiger partial charge in [-0.25, -0.2) is 14.4 Å². The third-order valence-corrected chi connectivity index (χ3v) is 8.66. The predicted octanol–water partition coefficient (Wildman–Crippen LogP) is 3.09. The molecule has 3 aliphatic rings. The third-order valence-electron chi connectivity index (χ3n) is 7.17. The Bertz CT molecular complexity index is 1120. The Labute approximate surface area is 245 Å². The van der Waals surface area contributed by atoms with E-state index in [2.05, 4.69) is 19.7 Å². The van der Waals surface area contributed by atoms with Crippen LogP contribution in [0.3, 0.4) is 0 Å². The molecule has 0 radical (unpaired) electrons. The van der Waals surface area contributed by atoms with E-state index in [0.29, 0.717) is 17.9 Å². The van der Waals surface area contributed by atoms with Crippen molar-refractivity contribution in [3.8, 4) is 0 Å². The van der Waals surface area contributed by atoms with Crippen molar-refractivity contribution in [1.82, 2.24) is 14.7 Å². The number of carbonyl (C=O) groups is 4. The topological polar surface area (TPSA) is 126 Å². The summed E-state index contributed by atoms with van der Waals surface area (Å²) in [5.41, 5.74) is 0.190. The van der Waals surface area contributed by atoms with Gasteiger partial charge in [-0.2, -0.15) is 0 Å². The number of aliphatic hydroxyl groups excluding tert-OH is 1. The second-order valence-corrected chi connectivity index (χ2v) is 11.4. The third kappa shape index (κ3) is 7.05. The highest BCUT2D eigenvalue weighted by Crippen LogP contribution is 2.52. The number of nitrogens with zero attached hydrogens (tertiary/aromatic N) is 3. The summed E-state index contributed by atoms with van der Waals surface area (Å²) in [7, 11) is 1.60. The first-order valence-electron chi connectivity index (χ1n) is 13.5. The zero-order valence-electron chi connectivity index (χ0n) is 23.8. The smallest absolute Gasteiger partial charge is 0.410 e. The van der Waals surface area contributed by atoms with Crippen LogP contribution in [-0.2, 0) is 23.8 Å². The summed E-state index contributed by atoms with van der Waals surface area (Å²) in [5, 5.41) is 10.1. The average Bonchev–Trinajstić information content (AvgIpc) is 3.45. The summed E-state index contributed by atoms with van der Waals surface area (Å²) in [6.45, 7) is 15.0. The van der Waals surface area contributed by atoms with Crippen molar-refractivity contribution in [3.05, 3.63) is 60.7 Å². The van der Waals surface area contributed by atoms with Crippen LogP contribution in [0.4, 0.5) is 9.59 Å². The molecule has 0 unspecified atom stereocenters. The monoisotopic (exact) mass is 589 g/mol. The zero-order valence-corrected chi connectivity index (χ0v) is 24.6. The normalized spacial score (nSPS) is 25.9. The number of carbonyl (C=O) groups excluding carboxylic acids is 4. The highest BCUT2D eigenvalue weighted by Gasteiger charge is 2.60. The molecule has 6 atom stereocenters. The lowest BCUT2D eigenvalue weighted by Crippen LogP contribution is -2.63. The lowest BCUT2D eigenvalue weighted by Gasteiger charge is -2.46. The van der Waals surface area contributed by atoms with E-state index in [9.17, 15) is 24.3 Å². The molecule has 3 aliphatic heterocycles. The molecule has 2 fully saturated rings. The van der Waals surface area contributed by atoms with Crippen LogP contribution in [0.15, 0.2) is 60.7 Å². The molecule has 2 saturated heterocycles. The molecule has 0 aromatic carbocycles. The van der Waals surface area contributed by atoms with Crippen molar-refractivity contribution in [2.24, 2.45) is 11.8 Å². The van der Waals surface area contributed by atoms with E-state index >= 15 is 0 Å². The van der Waals surface area contributed by atoms with E-state index in [1.165, 1.54) is 39.8 Å². The van der Waals surface area contributed by atoms with Crippen LogP contribution >= 0.6 is 11.8 Å². The van der Waals surface area contributed by atoms with Gasteiger partial charge in [-0.05, 0) is 13.3 Å². The van der Waals surface area contributed by atoms with E-state index in [1.807, 2.05) is 13.0 Å². The van der Waals surface area contributed by atoms with Crippen LogP contribution in [0.2, 0.25) is 0 Å². The average molecular weight is 590 g/mol. The fraction of sp³-hybridized carbons (Fsp3) is 0.517. The summed E-state index contributed by atoms with van der Waals surface area (Å²) in [5.74, 6) is -1.75. The van der Waals surface area contributed by atoms with E-state index < -0.39 is 30.2 Å². The molecule has 3 amide bonds. The quantitative estimate of drug-likeness (QED) is 0.149. The first-order valence-corrected chi connectivity index (χ1v) is 14.3. The van der Waals surface area contributed by atoms with Gasteiger partial charge in [-0.1, -0.05) is 57.0 Å². The minimum Gasteiger partial charge on any atom is -0.457 e. The largest absolute Gasteiger partial charge is 0.457 e. The summed E-state index contributed by atoms with van der Waals surface area (Å²) in [4.78, 5) is 56.1. The van der Waals surface area contributed by atoms with Crippen molar-refractivity contribution >= 4 is 35.8 Å². The van der Waals surface area contributed by atoms with E-state index in [0.717, 1.165) is 0 Å². The molecule has 41 heavy (non-hydrogen) atoms. The van der Waals surface area contributed by atoms with Crippen LogP contribution in [0.5, 0.6) is 0 Å². The summed E-state index contributed by atoms with van der Waals surface area (Å²) < 4.78 is 15.7. The van der Waals surface area contributed by atoms with Crippen molar-refractivity contribution in [2.45, 2.75) is 43.7 Å². The van der Waals surface area contributed by atoms with Crippen LogP contribution in [-0.4, -0.2) is 107 Å². The molecule has 0 aromatic heterocycles. The molecule has 0 spiro atoms. The lowest BCUT2D eigenvalue weighted by molar-refractivity contribution is -0.164. The van der Waals surface area contributed by atoms with Crippen molar-refractivity contribution in [2.75, 3.05) is 40.0 Å². The number of rotatable bonds is 13. The van der Waals surface area contributed by atoms with Crippen molar-refractivity contribution in [3.63, 3.8) is 0 Å². The number of likely N-dealkylation sites (tertiary alicyclic amines) is 1. The molecule has 3 rings (SSSR count). The Kier molecular flexibility index (Phi) is 11.2. The number of hydrogen-bond acceptors (Lipinski definition) is 9. The van der Waals surface area contributed by atoms with Crippen LogP contribution in [0.25, 0.3) is 0 Å². The van der Waals surface area contributed by atoms with Gasteiger partial charge in [-0.15, -0.1) is 11.8 Å². The Morgan fingerprint density at radius 2 is 1.76 bits per heavy atom. The number of β-lactam (4-membered cyclic amide) rings is 1. The molecule has 11 nitrogen and oxygen atoms in total. The molecule has 0 aromatic rings. The van der Waals surface area contributed by atoms with Gasteiger partial charge in [0.05, 0.1) is 24.1 Å². The van der Waals surface area contributed by atoms with Gasteiger partial charge in [0.15, 0.2) is 0 Å². The fourth-order valence-corrected chi connectivity index (χ4v) is 6.79. The Hall–Kier alpha value is -3.51. The van der Waals surface area contributed by atoms with Crippen molar-refractivity contribution < 1.29 is 38.5 Å². The minimum absolute atomic E-state index is 0.00398. The number of ether oxygens (including phenoxy) is 3. The Morgan fingerprint density at radius 1 is 1.12 bits per heavy atom. The predicted molar refractivity (Wildman–Crippen MR) is 155 cm³/mol. The maximum Gasteiger partial charge on any atom is 0.410 e. The van der Waals surface area contributed by atoms with Gasteiger partial charge in [0.2, 0.25) is 5.91 Å². The highest BCUT2D eigenvalue weighted by atomic mass is 32.2. The first kappa shape index (κ1) is 32.0. The van der Waals surface area contributed by atoms with E-state index in [-0.39, 0.29) is 61.2 Å². The van der Waals surface area contributed by atoms with Crippen molar-refractivity contribution in [1.29, 1.82) is 0 Å². The Balaban J connectivity index is 1.81. The molecule has 0 saturated carbocycles. The Morgan fingerprint density at radius 3 is 2.39 bits per heavy atom. The SMILES string of the molecule is C=CCOC(=O)C1=C(S[C@H]2C[C@@H](/C=C\CN(C)C(=O)OCC=C)N(C(=O)OCC=C)C2)[C@H](C)[C@@H]2[C@@H]([C@@H](C)O)C(=O)N12. The highest BCUT2D eigenvalue weighted by molar-refractivity contribution is 8.03. The van der Waals surface area contributed by atoms with Crippen LogP contribution < -0.4 is 0 Å².